The van der Waals surface area contributed by atoms with Gasteiger partial charge in [-0.05, 0) is 19.0 Å². The van der Waals surface area contributed by atoms with E-state index in [0.29, 0.717) is 25.6 Å². The zero-order valence-corrected chi connectivity index (χ0v) is 13.0. The Bertz CT molecular complexity index is 494. The summed E-state index contributed by atoms with van der Waals surface area (Å²) in [7, 11) is 2.01. The Morgan fingerprint density at radius 2 is 2.09 bits per heavy atom. The maximum Gasteiger partial charge on any atom is 0.250 e. The maximum absolute atomic E-state index is 12.2. The molecule has 0 saturated carbocycles. The van der Waals surface area contributed by atoms with E-state index in [4.69, 9.17) is 9.47 Å². The van der Waals surface area contributed by atoms with Crippen LogP contribution in [0.2, 0.25) is 0 Å². The number of hydrogen-bond donors (Lipinski definition) is 1. The summed E-state index contributed by atoms with van der Waals surface area (Å²) in [5, 5.41) is 3.04. The van der Waals surface area contributed by atoms with E-state index in [-0.39, 0.29) is 18.1 Å². The number of nitrogens with one attached hydrogen (secondary N) is 1. The minimum Gasteiger partial charge on any atom is -0.373 e. The van der Waals surface area contributed by atoms with Crippen molar-refractivity contribution < 1.29 is 14.3 Å². The van der Waals surface area contributed by atoms with E-state index < -0.39 is 0 Å². The van der Waals surface area contributed by atoms with Gasteiger partial charge in [0, 0.05) is 32.2 Å². The normalized spacial score (nSPS) is 29.4. The van der Waals surface area contributed by atoms with Gasteiger partial charge in [0.1, 0.15) is 6.10 Å². The van der Waals surface area contributed by atoms with Crippen molar-refractivity contribution in [2.45, 2.75) is 18.6 Å². The Morgan fingerprint density at radius 1 is 1.27 bits per heavy atom. The molecule has 22 heavy (non-hydrogen) atoms. The van der Waals surface area contributed by atoms with Crippen LogP contribution in [0.3, 0.4) is 0 Å². The number of ether oxygens (including phenoxy) is 2. The summed E-state index contributed by atoms with van der Waals surface area (Å²) < 4.78 is 11.4. The number of morpholine rings is 1. The zero-order chi connectivity index (χ0) is 15.4. The first kappa shape index (κ1) is 15.5. The zero-order valence-electron chi connectivity index (χ0n) is 13.0. The highest BCUT2D eigenvalue weighted by Gasteiger charge is 2.31. The third-order valence-electron chi connectivity index (χ3n) is 4.44. The molecule has 2 fully saturated rings. The van der Waals surface area contributed by atoms with E-state index >= 15 is 0 Å². The third-order valence-corrected chi connectivity index (χ3v) is 4.44. The van der Waals surface area contributed by atoms with Crippen molar-refractivity contribution in [1.29, 1.82) is 0 Å². The van der Waals surface area contributed by atoms with E-state index in [1.807, 2.05) is 25.2 Å². The van der Waals surface area contributed by atoms with Gasteiger partial charge in [-0.2, -0.15) is 0 Å². The molecule has 0 unspecified atom stereocenters. The highest BCUT2D eigenvalue weighted by molar-refractivity contribution is 5.81. The van der Waals surface area contributed by atoms with E-state index in [2.05, 4.69) is 22.3 Å². The summed E-state index contributed by atoms with van der Waals surface area (Å²) in [4.78, 5) is 14.4. The van der Waals surface area contributed by atoms with Gasteiger partial charge < -0.3 is 19.7 Å². The third kappa shape index (κ3) is 3.66. The van der Waals surface area contributed by atoms with Crippen molar-refractivity contribution in [2.24, 2.45) is 5.92 Å². The molecule has 3 atom stereocenters. The lowest BCUT2D eigenvalue weighted by molar-refractivity contribution is -0.138. The van der Waals surface area contributed by atoms with Crippen LogP contribution in [0, 0.1) is 5.92 Å². The topological polar surface area (TPSA) is 50.8 Å². The van der Waals surface area contributed by atoms with Gasteiger partial charge in [0.2, 0.25) is 5.91 Å². The smallest absolute Gasteiger partial charge is 0.250 e. The molecule has 2 saturated heterocycles. The van der Waals surface area contributed by atoms with Gasteiger partial charge in [0.15, 0.2) is 0 Å². The Morgan fingerprint density at radius 3 is 2.86 bits per heavy atom. The van der Waals surface area contributed by atoms with Gasteiger partial charge in [0.25, 0.3) is 0 Å². The summed E-state index contributed by atoms with van der Waals surface area (Å²) >= 11 is 0. The molecule has 2 aliphatic heterocycles. The number of benzene rings is 1. The van der Waals surface area contributed by atoms with E-state index in [9.17, 15) is 4.79 Å². The molecule has 0 aliphatic carbocycles. The van der Waals surface area contributed by atoms with Crippen LogP contribution < -0.4 is 5.32 Å². The summed E-state index contributed by atoms with van der Waals surface area (Å²) in [6.07, 6.45) is 0.707. The summed E-state index contributed by atoms with van der Waals surface area (Å²) in [6.45, 7) is 3.56. The Kier molecular flexibility index (Phi) is 5.08. The van der Waals surface area contributed by atoms with E-state index in [0.717, 1.165) is 19.6 Å². The molecule has 5 heteroatoms. The maximum atomic E-state index is 12.2. The van der Waals surface area contributed by atoms with Gasteiger partial charge in [-0.3, -0.25) is 4.79 Å². The van der Waals surface area contributed by atoms with Gasteiger partial charge in [-0.1, -0.05) is 30.3 Å². The molecule has 0 bridgehead atoms. The number of hydrogen-bond acceptors (Lipinski definition) is 4. The lowest BCUT2D eigenvalue weighted by Crippen LogP contribution is -2.49. The van der Waals surface area contributed by atoms with Gasteiger partial charge in [-0.15, -0.1) is 0 Å². The molecule has 1 aromatic carbocycles. The number of carbonyl (C=O) groups is 1. The average Bonchev–Trinajstić information content (AvgIpc) is 3.02. The van der Waals surface area contributed by atoms with Crippen LogP contribution in [-0.4, -0.2) is 56.8 Å². The first-order chi connectivity index (χ1) is 10.7. The van der Waals surface area contributed by atoms with Gasteiger partial charge in [0.05, 0.1) is 12.7 Å². The van der Waals surface area contributed by atoms with Crippen LogP contribution in [0.5, 0.6) is 0 Å². The Balaban J connectivity index is 1.53. The second-order valence-electron chi connectivity index (χ2n) is 6.12. The van der Waals surface area contributed by atoms with Gasteiger partial charge >= 0.3 is 0 Å². The molecule has 1 amide bonds. The quantitative estimate of drug-likeness (QED) is 0.908. The molecule has 120 valence electrons. The fourth-order valence-electron chi connectivity index (χ4n) is 3.14. The minimum absolute atomic E-state index is 0.00902. The predicted molar refractivity (Wildman–Crippen MR) is 83.5 cm³/mol. The van der Waals surface area contributed by atoms with Crippen molar-refractivity contribution in [3.63, 3.8) is 0 Å². The lowest BCUT2D eigenvalue weighted by Gasteiger charge is -2.29. The first-order valence-corrected chi connectivity index (χ1v) is 7.98. The van der Waals surface area contributed by atoms with Crippen LogP contribution in [-0.2, 0) is 14.3 Å². The second-order valence-corrected chi connectivity index (χ2v) is 6.12. The monoisotopic (exact) mass is 304 g/mol. The molecule has 3 rings (SSSR count). The molecule has 1 aromatic rings. The average molecular weight is 304 g/mol. The fourth-order valence-corrected chi connectivity index (χ4v) is 3.14. The Labute approximate surface area is 131 Å². The SMILES string of the molecule is CN1CCO[C@@H](C(=O)NC[C@@H]2CCO[C@H]2c2ccccc2)C1. The molecule has 0 spiro atoms. The van der Waals surface area contributed by atoms with Crippen molar-refractivity contribution in [1.82, 2.24) is 10.2 Å². The summed E-state index contributed by atoms with van der Waals surface area (Å²) in [5.74, 6) is 0.318. The van der Waals surface area contributed by atoms with Crippen molar-refractivity contribution in [3.05, 3.63) is 35.9 Å². The molecule has 5 nitrogen and oxygen atoms in total. The molecule has 2 aliphatic rings. The van der Waals surface area contributed by atoms with Crippen LogP contribution in [0.15, 0.2) is 30.3 Å². The standard InChI is InChI=1S/C17H24N2O3/c1-19-8-10-21-15(12-19)17(20)18-11-14-7-9-22-16(14)13-5-3-2-4-6-13/h2-6,14-16H,7-12H2,1H3,(H,18,20)/t14-,15+,16-/m0/s1. The number of carbonyl (C=O) groups excluding carboxylic acids is 1. The van der Waals surface area contributed by atoms with Gasteiger partial charge in [-0.25, -0.2) is 0 Å². The van der Waals surface area contributed by atoms with Crippen LogP contribution >= 0.6 is 0 Å². The largest absolute Gasteiger partial charge is 0.373 e. The highest BCUT2D eigenvalue weighted by Crippen LogP contribution is 2.33. The number of amides is 1. The van der Waals surface area contributed by atoms with Crippen molar-refractivity contribution in [2.75, 3.05) is 39.9 Å². The molecular formula is C17H24N2O3. The van der Waals surface area contributed by atoms with E-state index in [1.165, 1.54) is 5.56 Å². The summed E-state index contributed by atoms with van der Waals surface area (Å²) in [6, 6.07) is 10.2. The molecule has 1 N–H and O–H groups in total. The van der Waals surface area contributed by atoms with Crippen LogP contribution in [0.25, 0.3) is 0 Å². The minimum atomic E-state index is -0.351. The molecule has 0 aromatic heterocycles. The molecule has 0 radical (unpaired) electrons. The van der Waals surface area contributed by atoms with E-state index in [1.54, 1.807) is 0 Å². The lowest BCUT2D eigenvalue weighted by atomic mass is 9.95. The number of rotatable bonds is 4. The first-order valence-electron chi connectivity index (χ1n) is 7.98. The number of nitrogens with zero attached hydrogens (tertiary/aromatic N) is 1. The second kappa shape index (κ2) is 7.22. The molecular weight excluding hydrogens is 280 g/mol. The summed E-state index contributed by atoms with van der Waals surface area (Å²) in [5.41, 5.74) is 1.19. The van der Waals surface area contributed by atoms with Crippen molar-refractivity contribution >= 4 is 5.91 Å². The predicted octanol–water partition coefficient (Wildman–Crippen LogP) is 1.21. The van der Waals surface area contributed by atoms with Crippen LogP contribution in [0.4, 0.5) is 0 Å². The highest BCUT2D eigenvalue weighted by atomic mass is 16.5. The fraction of sp³-hybridized carbons (Fsp3) is 0.588. The number of likely N-dealkylation sites (N-methyl/N-ethyl adjacent to an activating group) is 1. The Hall–Kier alpha value is -1.43. The van der Waals surface area contributed by atoms with Crippen molar-refractivity contribution in [3.8, 4) is 0 Å². The molecule has 2 heterocycles. The van der Waals surface area contributed by atoms with Crippen LogP contribution in [0.1, 0.15) is 18.1 Å².